The van der Waals surface area contributed by atoms with Crippen molar-refractivity contribution in [1.82, 2.24) is 0 Å². The molecule has 2 nitrogen and oxygen atoms in total. The molecule has 17 heavy (non-hydrogen) atoms. The smallest absolute Gasteiger partial charge is 0.123 e. The van der Waals surface area contributed by atoms with E-state index in [-0.39, 0.29) is 0 Å². The van der Waals surface area contributed by atoms with Gasteiger partial charge in [0.2, 0.25) is 0 Å². The molecule has 1 aromatic carbocycles. The highest BCUT2D eigenvalue weighted by atomic mass is 35.5. The van der Waals surface area contributed by atoms with Crippen LogP contribution in [0.3, 0.4) is 0 Å². The number of ether oxygens (including phenoxy) is 2. The molecule has 0 spiro atoms. The molecule has 0 N–H and O–H groups in total. The Morgan fingerprint density at radius 3 is 2.71 bits per heavy atom. The molecule has 96 valence electrons. The van der Waals surface area contributed by atoms with Crippen LogP contribution in [0, 0.1) is 0 Å². The van der Waals surface area contributed by atoms with Gasteiger partial charge in [-0.25, -0.2) is 0 Å². The highest BCUT2D eigenvalue weighted by molar-refractivity contribution is 6.30. The van der Waals surface area contributed by atoms with Gasteiger partial charge in [0, 0.05) is 17.2 Å². The highest BCUT2D eigenvalue weighted by Crippen LogP contribution is 2.24. The van der Waals surface area contributed by atoms with E-state index in [9.17, 15) is 0 Å². The number of rotatable bonds is 8. The van der Waals surface area contributed by atoms with Crippen LogP contribution in [0.4, 0.5) is 0 Å². The van der Waals surface area contributed by atoms with Crippen molar-refractivity contribution >= 4 is 23.2 Å². The molecule has 0 saturated carbocycles. The summed E-state index contributed by atoms with van der Waals surface area (Å²) in [5, 5.41) is 0.673. The highest BCUT2D eigenvalue weighted by Gasteiger charge is 2.03. The van der Waals surface area contributed by atoms with Crippen molar-refractivity contribution in [3.05, 3.63) is 28.8 Å². The number of unbranched alkanes of at least 4 members (excludes halogenated alkanes) is 1. The van der Waals surface area contributed by atoms with Gasteiger partial charge in [0.05, 0.1) is 12.5 Å². The fourth-order valence-electron chi connectivity index (χ4n) is 1.35. The Hall–Kier alpha value is -0.440. The SMILES string of the molecule is CCCCOCCOc1ccc(Cl)cc1CCl. The average Bonchev–Trinajstić information content (AvgIpc) is 2.35. The third kappa shape index (κ3) is 5.62. The van der Waals surface area contributed by atoms with Crippen molar-refractivity contribution in [1.29, 1.82) is 0 Å². The van der Waals surface area contributed by atoms with E-state index in [0.717, 1.165) is 30.8 Å². The van der Waals surface area contributed by atoms with Gasteiger partial charge in [-0.1, -0.05) is 24.9 Å². The Morgan fingerprint density at radius 1 is 1.18 bits per heavy atom. The van der Waals surface area contributed by atoms with Crippen molar-refractivity contribution in [2.45, 2.75) is 25.6 Å². The monoisotopic (exact) mass is 276 g/mol. The van der Waals surface area contributed by atoms with E-state index >= 15 is 0 Å². The Labute approximate surface area is 113 Å². The number of hydrogen-bond acceptors (Lipinski definition) is 2. The minimum absolute atomic E-state index is 0.395. The number of halogens is 2. The molecule has 0 bridgehead atoms. The van der Waals surface area contributed by atoms with Crippen molar-refractivity contribution in [3.63, 3.8) is 0 Å². The lowest BCUT2D eigenvalue weighted by atomic mass is 10.2. The largest absolute Gasteiger partial charge is 0.491 e. The van der Waals surface area contributed by atoms with E-state index in [0.29, 0.717) is 24.1 Å². The molecule has 0 aliphatic carbocycles. The molecule has 0 aliphatic heterocycles. The van der Waals surface area contributed by atoms with Crippen molar-refractivity contribution < 1.29 is 9.47 Å². The minimum Gasteiger partial charge on any atom is -0.491 e. The predicted octanol–water partition coefficient (Wildman–Crippen LogP) is 4.27. The maximum absolute atomic E-state index is 5.88. The van der Waals surface area contributed by atoms with Gasteiger partial charge in [-0.15, -0.1) is 11.6 Å². The van der Waals surface area contributed by atoms with Gasteiger partial charge in [0.25, 0.3) is 0 Å². The first kappa shape index (κ1) is 14.6. The Balaban J connectivity index is 2.31. The van der Waals surface area contributed by atoms with Crippen LogP contribution < -0.4 is 4.74 Å². The molecule has 0 atom stereocenters. The second-order valence-corrected chi connectivity index (χ2v) is 4.40. The van der Waals surface area contributed by atoms with E-state index in [1.165, 1.54) is 0 Å². The van der Waals surface area contributed by atoms with Crippen LogP contribution in [0.5, 0.6) is 5.75 Å². The summed E-state index contributed by atoms with van der Waals surface area (Å²) >= 11 is 11.7. The number of alkyl halides is 1. The molecule has 0 aliphatic rings. The lowest BCUT2D eigenvalue weighted by Crippen LogP contribution is -2.08. The van der Waals surface area contributed by atoms with Gasteiger partial charge in [-0.05, 0) is 24.6 Å². The zero-order chi connectivity index (χ0) is 12.5. The first-order valence-corrected chi connectivity index (χ1v) is 6.74. The summed E-state index contributed by atoms with van der Waals surface area (Å²) in [5.41, 5.74) is 0.910. The van der Waals surface area contributed by atoms with Crippen molar-refractivity contribution in [2.24, 2.45) is 0 Å². The molecule has 0 saturated heterocycles. The second kappa shape index (κ2) is 8.62. The summed E-state index contributed by atoms with van der Waals surface area (Å²) in [6.07, 6.45) is 2.24. The molecule has 0 fully saturated rings. The molecule has 0 unspecified atom stereocenters. The zero-order valence-electron chi connectivity index (χ0n) is 10.0. The van der Waals surface area contributed by atoms with Gasteiger partial charge < -0.3 is 9.47 Å². The minimum atomic E-state index is 0.395. The summed E-state index contributed by atoms with van der Waals surface area (Å²) in [7, 11) is 0. The summed E-state index contributed by atoms with van der Waals surface area (Å²) < 4.78 is 11.0. The first-order chi connectivity index (χ1) is 8.27. The topological polar surface area (TPSA) is 18.5 Å². The maximum atomic E-state index is 5.88. The van der Waals surface area contributed by atoms with E-state index in [1.807, 2.05) is 12.1 Å². The van der Waals surface area contributed by atoms with Crippen molar-refractivity contribution in [3.8, 4) is 5.75 Å². The van der Waals surface area contributed by atoms with Gasteiger partial charge in [-0.2, -0.15) is 0 Å². The number of benzene rings is 1. The fraction of sp³-hybridized carbons (Fsp3) is 0.538. The summed E-state index contributed by atoms with van der Waals surface area (Å²) in [6.45, 7) is 4.07. The predicted molar refractivity (Wildman–Crippen MR) is 72.2 cm³/mol. The maximum Gasteiger partial charge on any atom is 0.123 e. The summed E-state index contributed by atoms with van der Waals surface area (Å²) in [5.74, 6) is 1.18. The van der Waals surface area contributed by atoms with E-state index < -0.39 is 0 Å². The van der Waals surface area contributed by atoms with E-state index in [4.69, 9.17) is 32.7 Å². The van der Waals surface area contributed by atoms with E-state index in [2.05, 4.69) is 6.92 Å². The molecule has 4 heteroatoms. The number of hydrogen-bond donors (Lipinski definition) is 0. The molecular weight excluding hydrogens is 259 g/mol. The molecule has 0 radical (unpaired) electrons. The Kier molecular flexibility index (Phi) is 7.41. The van der Waals surface area contributed by atoms with Crippen LogP contribution >= 0.6 is 23.2 Å². The average molecular weight is 277 g/mol. The summed E-state index contributed by atoms with van der Waals surface area (Å²) in [4.78, 5) is 0. The molecular formula is C13H18Cl2O2. The standard InChI is InChI=1S/C13H18Cl2O2/c1-2-3-6-16-7-8-17-13-5-4-12(15)9-11(13)10-14/h4-5,9H,2-3,6-8,10H2,1H3. The van der Waals surface area contributed by atoms with Crippen LogP contribution in [-0.2, 0) is 10.6 Å². The fourth-order valence-corrected chi connectivity index (χ4v) is 1.76. The van der Waals surface area contributed by atoms with Crippen LogP contribution in [0.2, 0.25) is 5.02 Å². The van der Waals surface area contributed by atoms with Crippen molar-refractivity contribution in [2.75, 3.05) is 19.8 Å². The molecule has 1 aromatic rings. The first-order valence-electron chi connectivity index (χ1n) is 5.83. The Morgan fingerprint density at radius 2 is 2.00 bits per heavy atom. The van der Waals surface area contributed by atoms with Gasteiger partial charge in [0.1, 0.15) is 12.4 Å². The molecule has 0 heterocycles. The molecule has 0 aromatic heterocycles. The van der Waals surface area contributed by atoms with Gasteiger partial charge in [-0.3, -0.25) is 0 Å². The lowest BCUT2D eigenvalue weighted by molar-refractivity contribution is 0.0978. The van der Waals surface area contributed by atoms with Crippen LogP contribution in [0.1, 0.15) is 25.3 Å². The third-order valence-electron chi connectivity index (χ3n) is 2.29. The normalized spacial score (nSPS) is 10.5. The van der Waals surface area contributed by atoms with Gasteiger partial charge >= 0.3 is 0 Å². The van der Waals surface area contributed by atoms with Crippen LogP contribution in [0.25, 0.3) is 0 Å². The van der Waals surface area contributed by atoms with E-state index in [1.54, 1.807) is 6.07 Å². The lowest BCUT2D eigenvalue weighted by Gasteiger charge is -2.10. The third-order valence-corrected chi connectivity index (χ3v) is 2.82. The Bertz CT molecular complexity index is 329. The van der Waals surface area contributed by atoms with Gasteiger partial charge in [0.15, 0.2) is 0 Å². The summed E-state index contributed by atoms with van der Waals surface area (Å²) in [6, 6.07) is 5.46. The zero-order valence-corrected chi connectivity index (χ0v) is 11.6. The quantitative estimate of drug-likeness (QED) is 0.521. The van der Waals surface area contributed by atoms with Crippen LogP contribution in [-0.4, -0.2) is 19.8 Å². The molecule has 0 amide bonds. The second-order valence-electron chi connectivity index (χ2n) is 3.70. The molecule has 1 rings (SSSR count). The van der Waals surface area contributed by atoms with Crippen LogP contribution in [0.15, 0.2) is 18.2 Å².